The number of aryl methyl sites for hydroxylation is 1. The van der Waals surface area contributed by atoms with Crippen LogP contribution < -0.4 is 33.0 Å². The van der Waals surface area contributed by atoms with Gasteiger partial charge in [-0.3, -0.25) is 15.1 Å². The predicted molar refractivity (Wildman–Crippen MR) is 121 cm³/mol. The lowest BCUT2D eigenvalue weighted by molar-refractivity contribution is 0.0972. The number of guanidine groups is 1. The predicted octanol–water partition coefficient (Wildman–Crippen LogP) is 0.651. The lowest BCUT2D eigenvalue weighted by atomic mass is 10.1. The van der Waals surface area contributed by atoms with Crippen LogP contribution in [0.1, 0.15) is 28.9 Å². The number of halogens is 1. The van der Waals surface area contributed by atoms with Gasteiger partial charge in [0.1, 0.15) is 16.1 Å². The van der Waals surface area contributed by atoms with Gasteiger partial charge in [-0.2, -0.15) is 0 Å². The average molecular weight is 512 g/mol. The van der Waals surface area contributed by atoms with Crippen LogP contribution in [0.4, 0.5) is 11.6 Å². The van der Waals surface area contributed by atoms with Crippen molar-refractivity contribution in [1.82, 2.24) is 15.3 Å². The lowest BCUT2D eigenvalue weighted by Gasteiger charge is -2.07. The molecule has 1 heterocycles. The molecule has 0 saturated heterocycles. The first-order valence-corrected chi connectivity index (χ1v) is 10.1. The number of nitrogens with zero attached hydrogens (tertiary/aromatic N) is 3. The second-order valence-electron chi connectivity index (χ2n) is 6.09. The number of anilines is 2. The molecule has 2 aromatic rings. The fourth-order valence-corrected chi connectivity index (χ4v) is 2.76. The summed E-state index contributed by atoms with van der Waals surface area (Å²) in [5, 5.41) is 2.45. The van der Waals surface area contributed by atoms with Crippen molar-refractivity contribution in [2.24, 2.45) is 16.5 Å². The van der Waals surface area contributed by atoms with Gasteiger partial charge in [0.05, 0.1) is 0 Å². The Bertz CT molecular complexity index is 858. The molecule has 0 fully saturated rings. The Morgan fingerprint density at radius 3 is 2.55 bits per heavy atom. The van der Waals surface area contributed by atoms with Crippen molar-refractivity contribution >= 4 is 46.1 Å². The second-order valence-corrected chi connectivity index (χ2v) is 7.11. The van der Waals surface area contributed by atoms with Gasteiger partial charge < -0.3 is 27.7 Å². The number of unbranched alkanes of at least 4 members (excludes halogenated alkanes) is 1. The first-order valence-electron chi connectivity index (χ1n) is 9.02. The van der Waals surface area contributed by atoms with Gasteiger partial charge in [-0.05, 0) is 59.5 Å². The molecular weight excluding hydrogens is 487 g/mol. The topological polar surface area (TPSA) is 181 Å². The van der Waals surface area contributed by atoms with E-state index in [4.69, 9.17) is 27.7 Å². The number of carbonyl (C=O) groups is 1. The minimum Gasteiger partial charge on any atom is -0.492 e. The van der Waals surface area contributed by atoms with Gasteiger partial charge >= 0.3 is 0 Å². The second kappa shape index (κ2) is 11.4. The van der Waals surface area contributed by atoms with Crippen molar-refractivity contribution in [1.29, 1.82) is 0 Å². The van der Waals surface area contributed by atoms with E-state index in [1.165, 1.54) is 5.56 Å². The van der Waals surface area contributed by atoms with Gasteiger partial charge in [0.2, 0.25) is 0 Å². The van der Waals surface area contributed by atoms with Crippen molar-refractivity contribution in [2.75, 3.05) is 31.2 Å². The third kappa shape index (κ3) is 7.34. The van der Waals surface area contributed by atoms with Crippen LogP contribution >= 0.6 is 22.6 Å². The third-order valence-corrected chi connectivity index (χ3v) is 4.62. The SMILES string of the molecule is NCCOc1ccc(CCCCN=C(N)NC(=O)c2nc(I)c(N)nc2N)cc1. The molecule has 0 saturated carbocycles. The molecule has 0 aliphatic rings. The summed E-state index contributed by atoms with van der Waals surface area (Å²) in [6, 6.07) is 7.93. The number of carbonyl (C=O) groups excluding carboxylic acids is 1. The van der Waals surface area contributed by atoms with Crippen LogP contribution in [0.25, 0.3) is 0 Å². The summed E-state index contributed by atoms with van der Waals surface area (Å²) in [4.78, 5) is 24.2. The highest BCUT2D eigenvalue weighted by atomic mass is 127. The number of aliphatic imine (C=N–C) groups is 1. The van der Waals surface area contributed by atoms with Gasteiger partial charge in [-0.15, -0.1) is 0 Å². The summed E-state index contributed by atoms with van der Waals surface area (Å²) in [6.45, 7) is 1.49. The Labute approximate surface area is 182 Å². The molecule has 0 unspecified atom stereocenters. The van der Waals surface area contributed by atoms with E-state index in [-0.39, 0.29) is 23.3 Å². The van der Waals surface area contributed by atoms with Crippen LogP contribution in [-0.2, 0) is 6.42 Å². The Morgan fingerprint density at radius 2 is 1.86 bits per heavy atom. The molecule has 0 radical (unpaired) electrons. The van der Waals surface area contributed by atoms with Crippen LogP contribution in [0.15, 0.2) is 29.3 Å². The summed E-state index contributed by atoms with van der Waals surface area (Å²) in [5.74, 6) is 0.343. The Balaban J connectivity index is 1.74. The maximum absolute atomic E-state index is 12.2. The zero-order valence-electron chi connectivity index (χ0n) is 15.9. The third-order valence-electron chi connectivity index (χ3n) is 3.83. The Kier molecular flexibility index (Phi) is 8.86. The highest BCUT2D eigenvalue weighted by Gasteiger charge is 2.16. The first-order chi connectivity index (χ1) is 13.9. The van der Waals surface area contributed by atoms with Gasteiger partial charge in [0.15, 0.2) is 23.3 Å². The molecule has 11 heteroatoms. The van der Waals surface area contributed by atoms with Gasteiger partial charge in [-0.1, -0.05) is 12.1 Å². The van der Waals surface area contributed by atoms with E-state index in [0.29, 0.717) is 23.4 Å². The summed E-state index contributed by atoms with van der Waals surface area (Å²) >= 11 is 1.87. The molecule has 1 aromatic carbocycles. The molecule has 1 aromatic heterocycles. The van der Waals surface area contributed by atoms with Crippen LogP contribution in [0.3, 0.4) is 0 Å². The van der Waals surface area contributed by atoms with Gasteiger partial charge in [0, 0.05) is 13.1 Å². The number of nitrogen functional groups attached to an aromatic ring is 2. The molecule has 1 amide bonds. The smallest absolute Gasteiger partial charge is 0.280 e. The summed E-state index contributed by atoms with van der Waals surface area (Å²) < 4.78 is 5.83. The van der Waals surface area contributed by atoms with Crippen molar-refractivity contribution in [2.45, 2.75) is 19.3 Å². The quantitative estimate of drug-likeness (QED) is 0.141. The number of nitrogens with one attached hydrogen (secondary N) is 1. The van der Waals surface area contributed by atoms with Crippen molar-refractivity contribution < 1.29 is 9.53 Å². The average Bonchev–Trinajstić information content (AvgIpc) is 2.69. The monoisotopic (exact) mass is 512 g/mol. The fraction of sp³-hybridized carbons (Fsp3) is 0.333. The first kappa shape index (κ1) is 22.6. The Morgan fingerprint density at radius 1 is 1.14 bits per heavy atom. The zero-order valence-corrected chi connectivity index (χ0v) is 18.1. The molecule has 10 nitrogen and oxygen atoms in total. The van der Waals surface area contributed by atoms with Crippen molar-refractivity contribution in [3.8, 4) is 5.75 Å². The highest BCUT2D eigenvalue weighted by Crippen LogP contribution is 2.15. The number of hydrogen-bond donors (Lipinski definition) is 5. The number of aromatic nitrogens is 2. The molecule has 9 N–H and O–H groups in total. The summed E-state index contributed by atoms with van der Waals surface area (Å²) in [5.41, 5.74) is 23.6. The van der Waals surface area contributed by atoms with Crippen molar-refractivity contribution in [3.05, 3.63) is 39.2 Å². The molecule has 2 rings (SSSR count). The minimum absolute atomic E-state index is 0.00411. The van der Waals surface area contributed by atoms with E-state index in [1.54, 1.807) is 0 Å². The summed E-state index contributed by atoms with van der Waals surface area (Å²) in [6.07, 6.45) is 2.67. The number of ether oxygens (including phenoxy) is 1. The van der Waals surface area contributed by atoms with Gasteiger partial charge in [0.25, 0.3) is 5.91 Å². The number of hydrogen-bond acceptors (Lipinski definition) is 8. The lowest BCUT2D eigenvalue weighted by Crippen LogP contribution is -2.38. The van der Waals surface area contributed by atoms with E-state index in [9.17, 15) is 4.79 Å². The molecule has 0 atom stereocenters. The molecule has 0 aliphatic heterocycles. The maximum atomic E-state index is 12.2. The highest BCUT2D eigenvalue weighted by molar-refractivity contribution is 14.1. The van der Waals surface area contributed by atoms with E-state index >= 15 is 0 Å². The molecule has 29 heavy (non-hydrogen) atoms. The maximum Gasteiger partial charge on any atom is 0.280 e. The zero-order chi connectivity index (χ0) is 21.2. The molecule has 0 bridgehead atoms. The molecule has 0 aliphatic carbocycles. The van der Waals surface area contributed by atoms with Crippen LogP contribution in [0.2, 0.25) is 0 Å². The van der Waals surface area contributed by atoms with Gasteiger partial charge in [-0.25, -0.2) is 9.97 Å². The van der Waals surface area contributed by atoms with Crippen LogP contribution in [-0.4, -0.2) is 41.5 Å². The number of amides is 1. The number of benzene rings is 1. The molecule has 0 spiro atoms. The standard InChI is InChI=1S/C18H25IN8O2/c19-14-16(22)26-15(21)13(25-14)17(28)27-18(23)24-9-2-1-3-11-4-6-12(7-5-11)29-10-8-20/h4-7H,1-3,8-10,20H2,(H4,21,22,26)(H3,23,24,27,28). The van der Waals surface area contributed by atoms with Crippen LogP contribution in [0.5, 0.6) is 5.75 Å². The molecular formula is C18H25IN8O2. The van der Waals surface area contributed by atoms with E-state index in [1.807, 2.05) is 46.9 Å². The number of nitrogens with two attached hydrogens (primary N) is 4. The van der Waals surface area contributed by atoms with E-state index in [2.05, 4.69) is 20.3 Å². The van der Waals surface area contributed by atoms with E-state index < -0.39 is 5.91 Å². The van der Waals surface area contributed by atoms with E-state index in [0.717, 1.165) is 25.0 Å². The van der Waals surface area contributed by atoms with Crippen molar-refractivity contribution in [3.63, 3.8) is 0 Å². The molecule has 156 valence electrons. The Hall–Kier alpha value is -2.67. The fourth-order valence-electron chi connectivity index (χ4n) is 2.39. The largest absolute Gasteiger partial charge is 0.492 e. The normalized spacial score (nSPS) is 11.3. The number of rotatable bonds is 9. The van der Waals surface area contributed by atoms with Crippen LogP contribution in [0, 0.1) is 3.70 Å². The summed E-state index contributed by atoms with van der Waals surface area (Å²) in [7, 11) is 0. The minimum atomic E-state index is -0.578.